The van der Waals surface area contributed by atoms with Crippen molar-refractivity contribution in [2.45, 2.75) is 32.4 Å². The Bertz CT molecular complexity index is 361. The quantitative estimate of drug-likeness (QED) is 0.844. The van der Waals surface area contributed by atoms with Gasteiger partial charge in [-0.2, -0.15) is 4.98 Å². The Morgan fingerprint density at radius 2 is 2.33 bits per heavy atom. The van der Waals surface area contributed by atoms with E-state index in [0.29, 0.717) is 30.7 Å². The van der Waals surface area contributed by atoms with Gasteiger partial charge in [-0.1, -0.05) is 19.0 Å². The molecule has 1 aliphatic rings. The molecule has 2 atom stereocenters. The summed E-state index contributed by atoms with van der Waals surface area (Å²) in [6.07, 6.45) is 0.583. The minimum Gasteiger partial charge on any atom is -0.378 e. The van der Waals surface area contributed by atoms with E-state index in [1.54, 1.807) is 7.11 Å². The standard InChI is InChI=1S/C12H21N3O3/c1-8(2)11(16-3)12-14-10(18-15-12)6-9-7-17-5-4-13-9/h8-9,11,13H,4-7H2,1-3H3. The third kappa shape index (κ3) is 3.28. The number of aromatic nitrogens is 2. The number of morpholine rings is 1. The Morgan fingerprint density at radius 3 is 2.94 bits per heavy atom. The molecule has 6 nitrogen and oxygen atoms in total. The van der Waals surface area contributed by atoms with Gasteiger partial charge in [0.1, 0.15) is 6.10 Å². The van der Waals surface area contributed by atoms with Crippen molar-refractivity contribution in [1.82, 2.24) is 15.5 Å². The minimum absolute atomic E-state index is 0.113. The van der Waals surface area contributed by atoms with Gasteiger partial charge in [-0.05, 0) is 5.92 Å². The van der Waals surface area contributed by atoms with Crippen LogP contribution in [0.3, 0.4) is 0 Å². The van der Waals surface area contributed by atoms with Crippen molar-refractivity contribution >= 4 is 0 Å². The molecule has 0 bridgehead atoms. The first kappa shape index (κ1) is 13.5. The van der Waals surface area contributed by atoms with E-state index in [-0.39, 0.29) is 12.1 Å². The Labute approximate surface area is 107 Å². The van der Waals surface area contributed by atoms with Crippen molar-refractivity contribution in [3.05, 3.63) is 11.7 Å². The molecular formula is C12H21N3O3. The average Bonchev–Trinajstić information content (AvgIpc) is 2.79. The van der Waals surface area contributed by atoms with Crippen molar-refractivity contribution in [2.24, 2.45) is 5.92 Å². The number of hydrogen-bond donors (Lipinski definition) is 1. The first-order valence-electron chi connectivity index (χ1n) is 6.37. The van der Waals surface area contributed by atoms with E-state index in [9.17, 15) is 0 Å². The van der Waals surface area contributed by atoms with Crippen LogP contribution in [0.2, 0.25) is 0 Å². The smallest absolute Gasteiger partial charge is 0.228 e. The van der Waals surface area contributed by atoms with Crippen LogP contribution in [0.1, 0.15) is 31.7 Å². The topological polar surface area (TPSA) is 69.4 Å². The molecule has 0 saturated carbocycles. The lowest BCUT2D eigenvalue weighted by atomic mass is 10.1. The molecule has 0 radical (unpaired) electrons. The van der Waals surface area contributed by atoms with E-state index < -0.39 is 0 Å². The van der Waals surface area contributed by atoms with Gasteiger partial charge in [-0.25, -0.2) is 0 Å². The predicted molar refractivity (Wildman–Crippen MR) is 65.2 cm³/mol. The molecule has 1 N–H and O–H groups in total. The summed E-state index contributed by atoms with van der Waals surface area (Å²) in [7, 11) is 1.66. The summed E-state index contributed by atoms with van der Waals surface area (Å²) in [5.74, 6) is 1.58. The number of nitrogens with zero attached hydrogens (tertiary/aromatic N) is 2. The van der Waals surface area contributed by atoms with E-state index in [0.717, 1.165) is 13.2 Å². The van der Waals surface area contributed by atoms with Crippen molar-refractivity contribution in [2.75, 3.05) is 26.9 Å². The highest BCUT2D eigenvalue weighted by Gasteiger charge is 2.23. The maximum atomic E-state index is 5.39. The molecule has 0 aliphatic carbocycles. The van der Waals surface area contributed by atoms with E-state index in [2.05, 4.69) is 29.3 Å². The first-order valence-corrected chi connectivity index (χ1v) is 6.37. The summed E-state index contributed by atoms with van der Waals surface area (Å²) >= 11 is 0. The highest BCUT2D eigenvalue weighted by atomic mass is 16.5. The third-order valence-electron chi connectivity index (χ3n) is 3.02. The summed E-state index contributed by atoms with van der Waals surface area (Å²) < 4.78 is 16.0. The molecule has 102 valence electrons. The summed E-state index contributed by atoms with van der Waals surface area (Å²) in [5, 5.41) is 7.35. The molecule has 1 aromatic heterocycles. The second-order valence-electron chi connectivity index (χ2n) is 4.88. The molecule has 0 amide bonds. The van der Waals surface area contributed by atoms with Crippen molar-refractivity contribution in [3.63, 3.8) is 0 Å². The maximum absolute atomic E-state index is 5.39. The molecular weight excluding hydrogens is 234 g/mol. The van der Waals surface area contributed by atoms with Gasteiger partial charge in [0, 0.05) is 26.1 Å². The van der Waals surface area contributed by atoms with Gasteiger partial charge in [0.05, 0.1) is 13.2 Å². The van der Waals surface area contributed by atoms with Gasteiger partial charge in [-0.3, -0.25) is 0 Å². The summed E-state index contributed by atoms with van der Waals surface area (Å²) in [6.45, 7) is 6.47. The average molecular weight is 255 g/mol. The zero-order valence-corrected chi connectivity index (χ0v) is 11.2. The normalized spacial score (nSPS) is 22.3. The highest BCUT2D eigenvalue weighted by molar-refractivity contribution is 4.95. The fraction of sp³-hybridized carbons (Fsp3) is 0.833. The number of ether oxygens (including phenoxy) is 2. The Hall–Kier alpha value is -0.980. The molecule has 2 unspecified atom stereocenters. The van der Waals surface area contributed by atoms with Gasteiger partial charge >= 0.3 is 0 Å². The lowest BCUT2D eigenvalue weighted by molar-refractivity contribution is 0.0555. The lowest BCUT2D eigenvalue weighted by Crippen LogP contribution is -2.42. The van der Waals surface area contributed by atoms with Gasteiger partial charge in [-0.15, -0.1) is 0 Å². The van der Waals surface area contributed by atoms with Crippen LogP contribution in [-0.4, -0.2) is 43.1 Å². The molecule has 1 saturated heterocycles. The number of rotatable bonds is 5. The molecule has 0 spiro atoms. The third-order valence-corrected chi connectivity index (χ3v) is 3.02. The zero-order valence-electron chi connectivity index (χ0n) is 11.2. The fourth-order valence-corrected chi connectivity index (χ4v) is 2.10. The van der Waals surface area contributed by atoms with Crippen LogP contribution in [-0.2, 0) is 15.9 Å². The summed E-state index contributed by atoms with van der Waals surface area (Å²) in [4.78, 5) is 4.40. The van der Waals surface area contributed by atoms with Crippen LogP contribution < -0.4 is 5.32 Å². The number of nitrogens with one attached hydrogen (secondary N) is 1. The monoisotopic (exact) mass is 255 g/mol. The molecule has 1 aliphatic heterocycles. The van der Waals surface area contributed by atoms with E-state index in [1.807, 2.05) is 0 Å². The van der Waals surface area contributed by atoms with Gasteiger partial charge in [0.2, 0.25) is 11.7 Å². The molecule has 2 heterocycles. The SMILES string of the molecule is COC(c1noc(CC2COCCN2)n1)C(C)C. The Balaban J connectivity index is 1.96. The maximum Gasteiger partial charge on any atom is 0.228 e. The van der Waals surface area contributed by atoms with Crippen molar-refractivity contribution in [3.8, 4) is 0 Å². The highest BCUT2D eigenvalue weighted by Crippen LogP contribution is 2.22. The van der Waals surface area contributed by atoms with Crippen molar-refractivity contribution < 1.29 is 14.0 Å². The van der Waals surface area contributed by atoms with Crippen LogP contribution in [0.4, 0.5) is 0 Å². The van der Waals surface area contributed by atoms with Crippen LogP contribution in [0.15, 0.2) is 4.52 Å². The minimum atomic E-state index is -0.113. The van der Waals surface area contributed by atoms with Crippen LogP contribution >= 0.6 is 0 Å². The van der Waals surface area contributed by atoms with E-state index in [1.165, 1.54) is 0 Å². The lowest BCUT2D eigenvalue weighted by Gasteiger charge is -2.22. The summed E-state index contributed by atoms with van der Waals surface area (Å²) in [5.41, 5.74) is 0. The van der Waals surface area contributed by atoms with Crippen LogP contribution in [0.25, 0.3) is 0 Å². The molecule has 2 rings (SSSR count). The van der Waals surface area contributed by atoms with Gasteiger partial charge in [0.25, 0.3) is 0 Å². The zero-order chi connectivity index (χ0) is 13.0. The molecule has 1 aromatic rings. The number of methoxy groups -OCH3 is 1. The van der Waals surface area contributed by atoms with E-state index in [4.69, 9.17) is 14.0 Å². The van der Waals surface area contributed by atoms with Gasteiger partial charge < -0.3 is 19.3 Å². The van der Waals surface area contributed by atoms with Crippen molar-refractivity contribution in [1.29, 1.82) is 0 Å². The predicted octanol–water partition coefficient (Wildman–Crippen LogP) is 0.944. The second-order valence-corrected chi connectivity index (χ2v) is 4.88. The fourth-order valence-electron chi connectivity index (χ4n) is 2.10. The summed E-state index contributed by atoms with van der Waals surface area (Å²) in [6, 6.07) is 0.257. The molecule has 18 heavy (non-hydrogen) atoms. The van der Waals surface area contributed by atoms with Gasteiger partial charge in [0.15, 0.2) is 0 Å². The second kappa shape index (κ2) is 6.26. The van der Waals surface area contributed by atoms with Crippen LogP contribution in [0, 0.1) is 5.92 Å². The molecule has 1 fully saturated rings. The largest absolute Gasteiger partial charge is 0.378 e. The number of hydrogen-bond acceptors (Lipinski definition) is 6. The molecule has 0 aromatic carbocycles. The Kier molecular flexibility index (Phi) is 4.68. The Morgan fingerprint density at radius 1 is 1.50 bits per heavy atom. The van der Waals surface area contributed by atoms with E-state index >= 15 is 0 Å². The molecule has 6 heteroatoms. The van der Waals surface area contributed by atoms with Crippen LogP contribution in [0.5, 0.6) is 0 Å². The first-order chi connectivity index (χ1) is 8.70.